The van der Waals surface area contributed by atoms with Crippen LogP contribution < -0.4 is 5.32 Å². The molecular formula is C31H44N2O2. The Bertz CT molecular complexity index is 1140. The van der Waals surface area contributed by atoms with Crippen LogP contribution in [0.25, 0.3) is 10.9 Å². The highest BCUT2D eigenvalue weighted by atomic mass is 16.3. The normalized spacial score (nSPS) is 32.3. The van der Waals surface area contributed by atoms with Crippen molar-refractivity contribution in [2.24, 2.45) is 35.6 Å². The molecule has 190 valence electrons. The van der Waals surface area contributed by atoms with Gasteiger partial charge in [-0.15, -0.1) is 0 Å². The molecule has 0 radical (unpaired) electrons. The maximum Gasteiger partial charge on any atom is 0.220 e. The van der Waals surface area contributed by atoms with Gasteiger partial charge < -0.3 is 15.0 Å². The van der Waals surface area contributed by atoms with Crippen LogP contribution in [-0.2, 0) is 18.4 Å². The number of aliphatic hydroxyl groups is 1. The summed E-state index contributed by atoms with van der Waals surface area (Å²) < 4.78 is 2.12. The van der Waals surface area contributed by atoms with Gasteiger partial charge in [-0.25, -0.2) is 0 Å². The maximum absolute atomic E-state index is 12.8. The third-order valence-electron chi connectivity index (χ3n) is 10.5. The molecule has 4 heteroatoms. The van der Waals surface area contributed by atoms with Crippen LogP contribution in [0.15, 0.2) is 41.6 Å². The van der Waals surface area contributed by atoms with Crippen molar-refractivity contribution < 1.29 is 9.90 Å². The van der Waals surface area contributed by atoms with Crippen LogP contribution in [0, 0.1) is 28.6 Å². The van der Waals surface area contributed by atoms with Crippen molar-refractivity contribution in [2.75, 3.05) is 0 Å². The number of aliphatic hydroxyl groups excluding tert-OH is 1. The summed E-state index contributed by atoms with van der Waals surface area (Å²) >= 11 is 0. The van der Waals surface area contributed by atoms with E-state index in [-0.39, 0.29) is 17.4 Å². The second-order valence-electron chi connectivity index (χ2n) is 12.7. The molecule has 0 aliphatic heterocycles. The summed E-state index contributed by atoms with van der Waals surface area (Å²) in [6.45, 7) is 10.0. The van der Waals surface area contributed by atoms with Crippen LogP contribution in [0.1, 0.15) is 84.6 Å². The van der Waals surface area contributed by atoms with E-state index in [1.165, 1.54) is 42.2 Å². The number of nitrogens with zero attached hydrogens (tertiary/aromatic N) is 1. The number of nitrogens with one attached hydrogen (secondary N) is 1. The molecule has 2 N–H and O–H groups in total. The Morgan fingerprint density at radius 1 is 1.14 bits per heavy atom. The average Bonchev–Trinajstić information content (AvgIpc) is 3.19. The molecule has 5 rings (SSSR count). The lowest BCUT2D eigenvalue weighted by Gasteiger charge is -2.62. The van der Waals surface area contributed by atoms with E-state index in [2.05, 4.69) is 75.1 Å². The van der Waals surface area contributed by atoms with Gasteiger partial charge in [0, 0.05) is 31.7 Å². The van der Waals surface area contributed by atoms with Crippen LogP contribution in [0.4, 0.5) is 0 Å². The number of carbonyl (C=O) groups excluding carboxylic acids is 1. The number of rotatable bonds is 5. The quantitative estimate of drug-likeness (QED) is 0.483. The molecule has 5 atom stereocenters. The van der Waals surface area contributed by atoms with Gasteiger partial charge in [-0.2, -0.15) is 0 Å². The molecule has 0 saturated heterocycles. The van der Waals surface area contributed by atoms with Crippen molar-refractivity contribution in [3.05, 3.63) is 47.2 Å². The minimum Gasteiger partial charge on any atom is -0.393 e. The topological polar surface area (TPSA) is 54.3 Å². The SMILES string of the molecule is CC1=C(CCC(=O)NCc2ccc3c(ccn3C)c2)[C@@H]2CC[C@H]3C(C)(C)[C@@H](O)CC[C@]3(C)[C@H]2CC1. The van der Waals surface area contributed by atoms with Gasteiger partial charge in [-0.3, -0.25) is 4.79 Å². The summed E-state index contributed by atoms with van der Waals surface area (Å²) in [5.74, 6) is 2.05. The highest BCUT2D eigenvalue weighted by molar-refractivity contribution is 5.81. The highest BCUT2D eigenvalue weighted by Crippen LogP contribution is 2.64. The van der Waals surface area contributed by atoms with Gasteiger partial charge in [0.2, 0.25) is 5.91 Å². The molecule has 1 aromatic carbocycles. The van der Waals surface area contributed by atoms with Crippen molar-refractivity contribution in [1.29, 1.82) is 0 Å². The van der Waals surface area contributed by atoms with Crippen molar-refractivity contribution in [3.8, 4) is 0 Å². The molecule has 0 unspecified atom stereocenters. The molecule has 2 saturated carbocycles. The van der Waals surface area contributed by atoms with Crippen LogP contribution >= 0.6 is 0 Å². The minimum atomic E-state index is -0.177. The Labute approximate surface area is 211 Å². The van der Waals surface area contributed by atoms with Crippen LogP contribution in [-0.4, -0.2) is 21.7 Å². The predicted molar refractivity (Wildman–Crippen MR) is 143 cm³/mol. The van der Waals surface area contributed by atoms with E-state index in [1.807, 2.05) is 0 Å². The zero-order valence-corrected chi connectivity index (χ0v) is 22.4. The molecule has 3 aliphatic carbocycles. The van der Waals surface area contributed by atoms with E-state index in [4.69, 9.17) is 0 Å². The number of benzene rings is 1. The molecule has 4 nitrogen and oxygen atoms in total. The van der Waals surface area contributed by atoms with Gasteiger partial charge in [0.15, 0.2) is 0 Å². The van der Waals surface area contributed by atoms with Crippen molar-refractivity contribution >= 4 is 16.8 Å². The van der Waals surface area contributed by atoms with E-state index in [0.29, 0.717) is 36.1 Å². The maximum atomic E-state index is 12.8. The number of carbonyl (C=O) groups is 1. The lowest BCUT2D eigenvalue weighted by molar-refractivity contribution is -0.149. The average molecular weight is 477 g/mol. The number of amides is 1. The van der Waals surface area contributed by atoms with Crippen molar-refractivity contribution in [1.82, 2.24) is 9.88 Å². The fourth-order valence-electron chi connectivity index (χ4n) is 8.40. The molecule has 0 bridgehead atoms. The summed E-state index contributed by atoms with van der Waals surface area (Å²) in [6.07, 6.45) is 10.3. The number of aromatic nitrogens is 1. The predicted octanol–water partition coefficient (Wildman–Crippen LogP) is 6.51. The van der Waals surface area contributed by atoms with Gasteiger partial charge in [0.25, 0.3) is 0 Å². The fraction of sp³-hybridized carbons (Fsp3) is 0.645. The third kappa shape index (κ3) is 4.26. The molecular weight excluding hydrogens is 432 g/mol. The Morgan fingerprint density at radius 3 is 2.74 bits per heavy atom. The summed E-state index contributed by atoms with van der Waals surface area (Å²) in [4.78, 5) is 12.8. The molecule has 1 heterocycles. The monoisotopic (exact) mass is 476 g/mol. The number of hydrogen-bond acceptors (Lipinski definition) is 2. The number of allylic oxidation sites excluding steroid dienone is 2. The number of hydrogen-bond donors (Lipinski definition) is 2. The standard InChI is InChI=1S/C31H44N2O2/c1-20-6-10-25-24(8-12-27-30(2,3)28(34)14-16-31(25,27)4)23(20)9-13-29(35)32-19-21-7-11-26-22(18-21)15-17-33(26)5/h7,11,15,17-18,24-25,27-28,34H,6,8-10,12-14,16,19H2,1-5H3,(H,32,35)/t24-,25-,27-,28-,31+/m0/s1. The zero-order chi connectivity index (χ0) is 25.0. The number of fused-ring (bicyclic) bond motifs is 4. The largest absolute Gasteiger partial charge is 0.393 e. The van der Waals surface area contributed by atoms with E-state index >= 15 is 0 Å². The van der Waals surface area contributed by atoms with E-state index in [1.54, 1.807) is 5.57 Å². The van der Waals surface area contributed by atoms with E-state index in [9.17, 15) is 9.90 Å². The van der Waals surface area contributed by atoms with E-state index < -0.39 is 0 Å². The van der Waals surface area contributed by atoms with Crippen LogP contribution in [0.3, 0.4) is 0 Å². The van der Waals surface area contributed by atoms with Gasteiger partial charge in [0.05, 0.1) is 6.10 Å². The summed E-state index contributed by atoms with van der Waals surface area (Å²) in [5, 5.41) is 15.1. The molecule has 0 spiro atoms. The second kappa shape index (κ2) is 9.10. The Morgan fingerprint density at radius 2 is 1.94 bits per heavy atom. The first-order valence-corrected chi connectivity index (χ1v) is 13.8. The summed E-state index contributed by atoms with van der Waals surface area (Å²) in [6, 6.07) is 8.55. The third-order valence-corrected chi connectivity index (χ3v) is 10.5. The van der Waals surface area contributed by atoms with Crippen LogP contribution in [0.2, 0.25) is 0 Å². The second-order valence-corrected chi connectivity index (χ2v) is 12.7. The Hall–Kier alpha value is -2.07. The molecule has 2 fully saturated rings. The molecule has 35 heavy (non-hydrogen) atoms. The van der Waals surface area contributed by atoms with Gasteiger partial charge in [-0.05, 0) is 110 Å². The molecule has 1 aromatic heterocycles. The van der Waals surface area contributed by atoms with Crippen molar-refractivity contribution in [2.45, 2.75) is 91.7 Å². The van der Waals surface area contributed by atoms with Crippen molar-refractivity contribution in [3.63, 3.8) is 0 Å². The lowest BCUT2D eigenvalue weighted by atomic mass is 9.43. The Balaban J connectivity index is 1.22. The molecule has 2 aromatic rings. The highest BCUT2D eigenvalue weighted by Gasteiger charge is 2.58. The van der Waals surface area contributed by atoms with Gasteiger partial charge in [0.1, 0.15) is 0 Å². The van der Waals surface area contributed by atoms with Gasteiger partial charge in [-0.1, -0.05) is 38.0 Å². The van der Waals surface area contributed by atoms with Gasteiger partial charge >= 0.3 is 0 Å². The number of aryl methyl sites for hydroxylation is 1. The summed E-state index contributed by atoms with van der Waals surface area (Å²) in [7, 11) is 2.06. The molecule has 1 amide bonds. The lowest BCUT2D eigenvalue weighted by Crippen LogP contribution is -2.56. The summed E-state index contributed by atoms with van der Waals surface area (Å²) in [5.41, 5.74) is 5.77. The zero-order valence-electron chi connectivity index (χ0n) is 22.4. The first-order chi connectivity index (χ1) is 16.6. The molecule has 3 aliphatic rings. The fourth-order valence-corrected chi connectivity index (χ4v) is 8.40. The first kappa shape index (κ1) is 24.6. The first-order valence-electron chi connectivity index (χ1n) is 13.8. The smallest absolute Gasteiger partial charge is 0.220 e. The van der Waals surface area contributed by atoms with E-state index in [0.717, 1.165) is 24.8 Å². The minimum absolute atomic E-state index is 0.00299. The Kier molecular flexibility index (Phi) is 6.40. The van der Waals surface area contributed by atoms with Crippen LogP contribution in [0.5, 0.6) is 0 Å².